The molecule has 3 aromatic rings. The van der Waals surface area contributed by atoms with Crippen molar-refractivity contribution in [2.45, 2.75) is 13.2 Å². The molecule has 0 radical (unpaired) electrons. The third kappa shape index (κ3) is 4.44. The number of amides is 1. The average molecular weight is 484 g/mol. The summed E-state index contributed by atoms with van der Waals surface area (Å²) in [6.45, 7) is 1.43. The van der Waals surface area contributed by atoms with Gasteiger partial charge in [0.05, 0.1) is 21.9 Å². The summed E-state index contributed by atoms with van der Waals surface area (Å²) >= 11 is 12.6. The van der Waals surface area contributed by atoms with Crippen molar-refractivity contribution in [1.82, 2.24) is 0 Å². The van der Waals surface area contributed by atoms with Gasteiger partial charge in [-0.1, -0.05) is 47.5 Å². The van der Waals surface area contributed by atoms with Crippen LogP contribution in [0.3, 0.4) is 0 Å². The maximum atomic E-state index is 12.9. The van der Waals surface area contributed by atoms with Crippen LogP contribution in [0.15, 0.2) is 65.7 Å². The van der Waals surface area contributed by atoms with Crippen molar-refractivity contribution in [3.8, 4) is 0 Å². The maximum Gasteiger partial charge on any atom is 0.341 e. The highest BCUT2D eigenvalue weighted by molar-refractivity contribution is 6.37. The fourth-order valence-electron chi connectivity index (χ4n) is 3.42. The Balaban J connectivity index is 1.79. The number of hydrogen-bond acceptors (Lipinski definition) is 6. The fourth-order valence-corrected chi connectivity index (χ4v) is 3.81. The molecule has 0 saturated heterocycles. The summed E-state index contributed by atoms with van der Waals surface area (Å²) in [5, 5.41) is 14.7. The Morgan fingerprint density at radius 2 is 1.85 bits per heavy atom. The first-order chi connectivity index (χ1) is 15.8. The molecule has 4 rings (SSSR count). The lowest BCUT2D eigenvalue weighted by molar-refractivity contribution is -0.385. The van der Waals surface area contributed by atoms with Gasteiger partial charge in [0.25, 0.3) is 17.8 Å². The van der Waals surface area contributed by atoms with Crippen molar-refractivity contribution in [2.24, 2.45) is 4.99 Å². The zero-order valence-corrected chi connectivity index (χ0v) is 18.6. The molecule has 0 spiro atoms. The van der Waals surface area contributed by atoms with E-state index in [9.17, 15) is 19.7 Å². The number of anilines is 1. The van der Waals surface area contributed by atoms with Crippen LogP contribution in [0.5, 0.6) is 0 Å². The van der Waals surface area contributed by atoms with Gasteiger partial charge in [-0.3, -0.25) is 14.9 Å². The molecule has 0 fully saturated rings. The zero-order valence-electron chi connectivity index (χ0n) is 17.0. The molecule has 166 valence electrons. The SMILES string of the molecule is Cc1c(C(=O)OC2N=C(c3ccccc3Cl)c3cc(Cl)ccc3NC2=O)cccc1[N+](=O)[O-]. The number of benzodiazepines with no additional fused rings is 1. The van der Waals surface area contributed by atoms with E-state index in [1.807, 2.05) is 0 Å². The lowest BCUT2D eigenvalue weighted by Crippen LogP contribution is -2.30. The predicted octanol–water partition coefficient (Wildman–Crippen LogP) is 5.18. The molecule has 1 aliphatic heterocycles. The van der Waals surface area contributed by atoms with Crippen LogP contribution in [0.25, 0.3) is 0 Å². The summed E-state index contributed by atoms with van der Waals surface area (Å²) in [5.41, 5.74) is 1.54. The van der Waals surface area contributed by atoms with E-state index < -0.39 is 23.0 Å². The second-order valence-corrected chi connectivity index (χ2v) is 7.94. The van der Waals surface area contributed by atoms with Gasteiger partial charge in [-0.25, -0.2) is 9.79 Å². The molecular formula is C23H15Cl2N3O5. The number of nitrogens with one attached hydrogen (secondary N) is 1. The lowest BCUT2D eigenvalue weighted by Gasteiger charge is -2.14. The molecule has 0 aromatic heterocycles. The highest BCUT2D eigenvalue weighted by Gasteiger charge is 2.31. The van der Waals surface area contributed by atoms with Crippen LogP contribution in [-0.2, 0) is 9.53 Å². The summed E-state index contributed by atoms with van der Waals surface area (Å²) in [7, 11) is 0. The average Bonchev–Trinajstić information content (AvgIpc) is 2.90. The zero-order chi connectivity index (χ0) is 23.7. The number of rotatable bonds is 4. The smallest absolute Gasteiger partial charge is 0.341 e. The van der Waals surface area contributed by atoms with Crippen molar-refractivity contribution < 1.29 is 19.2 Å². The third-order valence-corrected chi connectivity index (χ3v) is 5.60. The van der Waals surface area contributed by atoms with E-state index in [-0.39, 0.29) is 16.8 Å². The van der Waals surface area contributed by atoms with Gasteiger partial charge < -0.3 is 10.1 Å². The Bertz CT molecular complexity index is 1340. The van der Waals surface area contributed by atoms with Crippen LogP contribution in [-0.4, -0.2) is 28.7 Å². The second kappa shape index (κ2) is 9.01. The highest BCUT2D eigenvalue weighted by atomic mass is 35.5. The number of ether oxygens (including phenoxy) is 1. The first kappa shape index (κ1) is 22.4. The molecule has 1 amide bonds. The van der Waals surface area contributed by atoms with Gasteiger partial charge >= 0.3 is 5.97 Å². The molecule has 1 heterocycles. The minimum Gasteiger partial charge on any atom is -0.426 e. The number of aliphatic imine (C=N–C) groups is 1. The van der Waals surface area contributed by atoms with Gasteiger partial charge in [0.15, 0.2) is 0 Å². The number of carbonyl (C=O) groups excluding carboxylic acids is 2. The molecule has 0 saturated carbocycles. The van der Waals surface area contributed by atoms with E-state index in [1.54, 1.807) is 42.5 Å². The number of halogens is 2. The second-order valence-electron chi connectivity index (χ2n) is 7.10. The lowest BCUT2D eigenvalue weighted by atomic mass is 10.0. The van der Waals surface area contributed by atoms with Gasteiger partial charge in [-0.2, -0.15) is 0 Å². The minimum atomic E-state index is -1.58. The third-order valence-electron chi connectivity index (χ3n) is 5.03. The van der Waals surface area contributed by atoms with Crippen molar-refractivity contribution in [2.75, 3.05) is 5.32 Å². The number of benzene rings is 3. The van der Waals surface area contributed by atoms with E-state index in [1.165, 1.54) is 25.1 Å². The Labute approximate surface area is 198 Å². The van der Waals surface area contributed by atoms with Crippen molar-refractivity contribution in [3.63, 3.8) is 0 Å². The van der Waals surface area contributed by atoms with E-state index in [0.29, 0.717) is 32.6 Å². The monoisotopic (exact) mass is 483 g/mol. The summed E-state index contributed by atoms with van der Waals surface area (Å²) < 4.78 is 5.40. The molecule has 8 nitrogen and oxygen atoms in total. The van der Waals surface area contributed by atoms with Gasteiger partial charge in [-0.05, 0) is 37.3 Å². The topological polar surface area (TPSA) is 111 Å². The molecule has 1 atom stereocenters. The molecule has 1 aliphatic rings. The molecule has 1 N–H and O–H groups in total. The van der Waals surface area contributed by atoms with Crippen LogP contribution < -0.4 is 5.32 Å². The van der Waals surface area contributed by atoms with Gasteiger partial charge in [0.2, 0.25) is 0 Å². The number of nitrogens with zero attached hydrogens (tertiary/aromatic N) is 2. The van der Waals surface area contributed by atoms with E-state index in [4.69, 9.17) is 27.9 Å². The molecule has 0 bridgehead atoms. The Hall–Kier alpha value is -3.75. The molecule has 10 heteroatoms. The number of esters is 1. The highest BCUT2D eigenvalue weighted by Crippen LogP contribution is 2.30. The van der Waals surface area contributed by atoms with Crippen LogP contribution in [0, 0.1) is 17.0 Å². The standard InChI is InChI=1S/C23H15Cl2N3O5/c1-12-14(6-4-8-19(12)28(31)32)23(30)33-22-21(29)26-18-10-9-13(24)11-16(18)20(27-22)15-5-2-3-7-17(15)25/h2-11,22H,1H3,(H,26,29). The van der Waals surface area contributed by atoms with Gasteiger partial charge in [-0.15, -0.1) is 0 Å². The van der Waals surface area contributed by atoms with Crippen molar-refractivity contribution >= 4 is 52.2 Å². The van der Waals surface area contributed by atoms with Crippen LogP contribution in [0.4, 0.5) is 11.4 Å². The number of carbonyl (C=O) groups is 2. The first-order valence-corrected chi connectivity index (χ1v) is 10.4. The molecular weight excluding hydrogens is 469 g/mol. The van der Waals surface area contributed by atoms with Gasteiger partial charge in [0, 0.05) is 32.8 Å². The number of nitro benzene ring substituents is 1. The maximum absolute atomic E-state index is 12.9. The van der Waals surface area contributed by atoms with E-state index >= 15 is 0 Å². The molecule has 33 heavy (non-hydrogen) atoms. The first-order valence-electron chi connectivity index (χ1n) is 9.64. The minimum absolute atomic E-state index is 0.0451. The van der Waals surface area contributed by atoms with Crippen LogP contribution >= 0.6 is 23.2 Å². The van der Waals surface area contributed by atoms with Gasteiger partial charge in [0.1, 0.15) is 0 Å². The van der Waals surface area contributed by atoms with E-state index in [2.05, 4.69) is 10.3 Å². The predicted molar refractivity (Wildman–Crippen MR) is 124 cm³/mol. The quantitative estimate of drug-likeness (QED) is 0.312. The molecule has 3 aromatic carbocycles. The Kier molecular flexibility index (Phi) is 6.13. The fraction of sp³-hybridized carbons (Fsp3) is 0.0870. The van der Waals surface area contributed by atoms with Crippen LogP contribution in [0.2, 0.25) is 10.0 Å². The molecule has 1 unspecified atom stereocenters. The Morgan fingerprint density at radius 3 is 2.58 bits per heavy atom. The largest absolute Gasteiger partial charge is 0.426 e. The van der Waals surface area contributed by atoms with Crippen molar-refractivity contribution in [3.05, 3.63) is 103 Å². The summed E-state index contributed by atoms with van der Waals surface area (Å²) in [5.74, 6) is -1.63. The molecule has 0 aliphatic carbocycles. The Morgan fingerprint density at radius 1 is 1.09 bits per heavy atom. The van der Waals surface area contributed by atoms with Crippen LogP contribution in [0.1, 0.15) is 27.0 Å². The number of fused-ring (bicyclic) bond motifs is 1. The number of nitro groups is 1. The van der Waals surface area contributed by atoms with Crippen molar-refractivity contribution in [1.29, 1.82) is 0 Å². The normalized spacial score (nSPS) is 15.1. The summed E-state index contributed by atoms with van der Waals surface area (Å²) in [6, 6.07) is 15.7. The number of hydrogen-bond donors (Lipinski definition) is 1. The van der Waals surface area contributed by atoms with E-state index in [0.717, 1.165) is 0 Å². The summed E-state index contributed by atoms with van der Waals surface area (Å²) in [6.07, 6.45) is -1.58. The summed E-state index contributed by atoms with van der Waals surface area (Å²) in [4.78, 5) is 40.8.